The van der Waals surface area contributed by atoms with Gasteiger partial charge in [0.2, 0.25) is 5.91 Å². The fourth-order valence-corrected chi connectivity index (χ4v) is 7.08. The molecule has 2 aromatic carbocycles. The third-order valence-electron chi connectivity index (χ3n) is 7.22. The van der Waals surface area contributed by atoms with Crippen molar-refractivity contribution in [2.45, 2.75) is 57.3 Å². The summed E-state index contributed by atoms with van der Waals surface area (Å²) in [6, 6.07) is 16.7. The van der Waals surface area contributed by atoms with Gasteiger partial charge in [0.15, 0.2) is 11.0 Å². The number of fused-ring (bicyclic) bond motifs is 1. The SMILES string of the molecule is CCOC(=O)c1c(NC(=O)CSc2nnc(CNC(=O)c3ccc(OC)cc3)n2Cc2ccccc2)sc2c1CCCCC2. The molecule has 2 amide bonds. The zero-order chi connectivity index (χ0) is 30.9. The van der Waals surface area contributed by atoms with Crippen molar-refractivity contribution >= 4 is 45.9 Å². The highest BCUT2D eigenvalue weighted by atomic mass is 32.2. The Hall–Kier alpha value is -4.16. The molecule has 4 aromatic rings. The Morgan fingerprint density at radius 1 is 1.00 bits per heavy atom. The monoisotopic (exact) mass is 633 g/mol. The lowest BCUT2D eigenvalue weighted by atomic mass is 10.1. The van der Waals surface area contributed by atoms with E-state index in [1.54, 1.807) is 38.3 Å². The number of amides is 2. The number of aromatic nitrogens is 3. The third kappa shape index (κ3) is 7.67. The van der Waals surface area contributed by atoms with Crippen LogP contribution in [0.4, 0.5) is 5.00 Å². The fraction of sp³-hybridized carbons (Fsp3) is 0.344. The van der Waals surface area contributed by atoms with E-state index in [4.69, 9.17) is 9.47 Å². The van der Waals surface area contributed by atoms with E-state index in [1.165, 1.54) is 23.1 Å². The van der Waals surface area contributed by atoms with Crippen LogP contribution < -0.4 is 15.4 Å². The second kappa shape index (κ2) is 15.0. The van der Waals surface area contributed by atoms with Crippen LogP contribution in [0.5, 0.6) is 5.75 Å². The van der Waals surface area contributed by atoms with Crippen LogP contribution >= 0.6 is 23.1 Å². The van der Waals surface area contributed by atoms with E-state index >= 15 is 0 Å². The first-order valence-corrected chi connectivity index (χ1v) is 16.4. The van der Waals surface area contributed by atoms with E-state index in [0.717, 1.165) is 48.1 Å². The van der Waals surface area contributed by atoms with Gasteiger partial charge in [-0.15, -0.1) is 21.5 Å². The smallest absolute Gasteiger partial charge is 0.341 e. The molecule has 44 heavy (non-hydrogen) atoms. The molecule has 230 valence electrons. The zero-order valence-corrected chi connectivity index (χ0v) is 26.4. The molecule has 2 heterocycles. The molecule has 10 nitrogen and oxygen atoms in total. The molecule has 0 bridgehead atoms. The van der Waals surface area contributed by atoms with Gasteiger partial charge >= 0.3 is 5.97 Å². The number of carbonyl (C=O) groups is 3. The van der Waals surface area contributed by atoms with Crippen LogP contribution in [-0.2, 0) is 35.5 Å². The van der Waals surface area contributed by atoms with Crippen molar-refractivity contribution in [2.75, 3.05) is 24.8 Å². The molecule has 0 fully saturated rings. The van der Waals surface area contributed by atoms with Crippen LogP contribution in [0.15, 0.2) is 59.8 Å². The van der Waals surface area contributed by atoms with Gasteiger partial charge in [0.1, 0.15) is 10.8 Å². The summed E-state index contributed by atoms with van der Waals surface area (Å²) in [7, 11) is 1.57. The highest BCUT2D eigenvalue weighted by molar-refractivity contribution is 7.99. The largest absolute Gasteiger partial charge is 0.497 e. The Morgan fingerprint density at radius 2 is 1.77 bits per heavy atom. The predicted octanol–water partition coefficient (Wildman–Crippen LogP) is 5.50. The second-order valence-electron chi connectivity index (χ2n) is 10.2. The molecule has 2 aromatic heterocycles. The Balaban J connectivity index is 1.29. The molecule has 0 aliphatic heterocycles. The standard InChI is InChI=1S/C32H35N5O5S2/c1-3-42-31(40)28-24-12-8-5-9-13-25(24)44-30(28)34-27(38)20-43-32-36-35-26(37(32)19-21-10-6-4-7-11-21)18-33-29(39)22-14-16-23(41-2)17-15-22/h4,6-7,10-11,14-17H,3,5,8-9,12-13,18-20H2,1-2H3,(H,33,39)(H,34,38). The van der Waals surface area contributed by atoms with Gasteiger partial charge in [-0.1, -0.05) is 48.5 Å². The number of benzene rings is 2. The van der Waals surface area contributed by atoms with Gasteiger partial charge in [-0.05, 0) is 68.0 Å². The zero-order valence-electron chi connectivity index (χ0n) is 24.8. The highest BCUT2D eigenvalue weighted by Crippen LogP contribution is 2.38. The Morgan fingerprint density at radius 3 is 2.52 bits per heavy atom. The number of thioether (sulfide) groups is 1. The topological polar surface area (TPSA) is 124 Å². The minimum Gasteiger partial charge on any atom is -0.497 e. The molecule has 0 spiro atoms. The maximum absolute atomic E-state index is 13.2. The Bertz CT molecular complexity index is 1600. The van der Waals surface area contributed by atoms with Gasteiger partial charge in [0.25, 0.3) is 5.91 Å². The lowest BCUT2D eigenvalue weighted by molar-refractivity contribution is -0.113. The molecule has 1 aliphatic carbocycles. The highest BCUT2D eigenvalue weighted by Gasteiger charge is 2.27. The maximum atomic E-state index is 13.2. The summed E-state index contributed by atoms with van der Waals surface area (Å²) in [6.45, 7) is 2.67. The number of ether oxygens (including phenoxy) is 2. The van der Waals surface area contributed by atoms with Crippen molar-refractivity contribution in [3.05, 3.63) is 87.6 Å². The van der Waals surface area contributed by atoms with Gasteiger partial charge in [-0.2, -0.15) is 0 Å². The van der Waals surface area contributed by atoms with Crippen LogP contribution in [0.1, 0.15) is 68.7 Å². The van der Waals surface area contributed by atoms with Gasteiger partial charge < -0.3 is 24.7 Å². The van der Waals surface area contributed by atoms with Gasteiger partial charge in [-0.25, -0.2) is 4.79 Å². The first-order chi connectivity index (χ1) is 21.5. The van der Waals surface area contributed by atoms with Crippen LogP contribution in [0.3, 0.4) is 0 Å². The van der Waals surface area contributed by atoms with E-state index in [1.807, 2.05) is 34.9 Å². The first-order valence-electron chi connectivity index (χ1n) is 14.6. The normalized spacial score (nSPS) is 12.6. The molecular formula is C32H35N5O5S2. The number of esters is 1. The molecule has 0 unspecified atom stereocenters. The van der Waals surface area contributed by atoms with Crippen LogP contribution in [0.2, 0.25) is 0 Å². The lowest BCUT2D eigenvalue weighted by Crippen LogP contribution is -2.25. The maximum Gasteiger partial charge on any atom is 0.341 e. The van der Waals surface area contributed by atoms with Crippen molar-refractivity contribution < 1.29 is 23.9 Å². The van der Waals surface area contributed by atoms with Gasteiger partial charge in [0, 0.05) is 10.4 Å². The number of hydrogen-bond donors (Lipinski definition) is 2. The number of nitrogens with zero attached hydrogens (tertiary/aromatic N) is 3. The number of anilines is 1. The summed E-state index contributed by atoms with van der Waals surface area (Å²) in [4.78, 5) is 40.0. The van der Waals surface area contributed by atoms with Crippen LogP contribution in [0, 0.1) is 0 Å². The van der Waals surface area contributed by atoms with Crippen LogP contribution in [-0.4, -0.2) is 52.0 Å². The van der Waals surface area contributed by atoms with Crippen molar-refractivity contribution in [1.82, 2.24) is 20.1 Å². The van der Waals surface area contributed by atoms with Gasteiger partial charge in [0.05, 0.1) is 38.1 Å². The Labute approximate surface area is 264 Å². The third-order valence-corrected chi connectivity index (χ3v) is 9.40. The minimum absolute atomic E-state index is 0.0654. The summed E-state index contributed by atoms with van der Waals surface area (Å²) >= 11 is 2.73. The molecule has 12 heteroatoms. The molecule has 1 aliphatic rings. The number of thiophene rings is 1. The average Bonchev–Trinajstić information content (AvgIpc) is 3.49. The summed E-state index contributed by atoms with van der Waals surface area (Å²) in [6.07, 6.45) is 4.92. The summed E-state index contributed by atoms with van der Waals surface area (Å²) in [5.41, 5.74) is 3.03. The summed E-state index contributed by atoms with van der Waals surface area (Å²) in [5.74, 6) is 0.406. The number of rotatable bonds is 12. The number of hydrogen-bond acceptors (Lipinski definition) is 9. The first kappa shape index (κ1) is 31.3. The number of nitrogens with one attached hydrogen (secondary N) is 2. The van der Waals surface area contributed by atoms with Crippen molar-refractivity contribution in [2.24, 2.45) is 0 Å². The number of carbonyl (C=O) groups excluding carboxylic acids is 3. The second-order valence-corrected chi connectivity index (χ2v) is 12.3. The summed E-state index contributed by atoms with van der Waals surface area (Å²) in [5, 5.41) is 15.7. The van der Waals surface area contributed by atoms with E-state index in [2.05, 4.69) is 20.8 Å². The average molecular weight is 634 g/mol. The molecule has 2 N–H and O–H groups in total. The van der Waals surface area contributed by atoms with Crippen molar-refractivity contribution in [1.29, 1.82) is 0 Å². The molecule has 0 atom stereocenters. The Kier molecular flexibility index (Phi) is 10.7. The van der Waals surface area contributed by atoms with Crippen molar-refractivity contribution in [3.63, 3.8) is 0 Å². The van der Waals surface area contributed by atoms with Crippen molar-refractivity contribution in [3.8, 4) is 5.75 Å². The van der Waals surface area contributed by atoms with Crippen LogP contribution in [0.25, 0.3) is 0 Å². The number of methoxy groups -OCH3 is 1. The van der Waals surface area contributed by atoms with E-state index in [9.17, 15) is 14.4 Å². The van der Waals surface area contributed by atoms with E-state index < -0.39 is 5.97 Å². The molecule has 0 saturated heterocycles. The molecule has 0 saturated carbocycles. The summed E-state index contributed by atoms with van der Waals surface area (Å²) < 4.78 is 12.4. The molecule has 0 radical (unpaired) electrons. The molecular weight excluding hydrogens is 599 g/mol. The number of aryl methyl sites for hydroxylation is 1. The van der Waals surface area contributed by atoms with E-state index in [0.29, 0.717) is 39.4 Å². The van der Waals surface area contributed by atoms with Gasteiger partial charge in [-0.3, -0.25) is 9.59 Å². The minimum atomic E-state index is -0.390. The lowest BCUT2D eigenvalue weighted by Gasteiger charge is -2.12. The molecule has 5 rings (SSSR count). The quantitative estimate of drug-likeness (QED) is 0.119. The van der Waals surface area contributed by atoms with E-state index in [-0.39, 0.29) is 30.7 Å². The predicted molar refractivity (Wildman–Crippen MR) is 171 cm³/mol. The fourth-order valence-electron chi connectivity index (χ4n) is 5.03.